The fraction of sp³-hybridized carbons (Fsp3) is 0.130. The number of rotatable bonds is 8. The molecule has 0 bridgehead atoms. The summed E-state index contributed by atoms with van der Waals surface area (Å²) in [6.45, 7) is 0.141. The van der Waals surface area contributed by atoms with Crippen molar-refractivity contribution in [2.45, 2.75) is 17.7 Å². The summed E-state index contributed by atoms with van der Waals surface area (Å²) < 4.78 is 33.8. The number of hydrogen-bond acceptors (Lipinski definition) is 8. The van der Waals surface area contributed by atoms with Gasteiger partial charge in [-0.2, -0.15) is 0 Å². The normalized spacial score (nSPS) is 11.8. The zero-order valence-electron chi connectivity index (χ0n) is 17.4. The van der Waals surface area contributed by atoms with Gasteiger partial charge in [0.1, 0.15) is 9.90 Å². The summed E-state index contributed by atoms with van der Waals surface area (Å²) in [7, 11) is -3.62. The van der Waals surface area contributed by atoms with Gasteiger partial charge in [0, 0.05) is 25.4 Å². The summed E-state index contributed by atoms with van der Waals surface area (Å²) in [5, 5.41) is 8.99. The molecule has 8 nitrogen and oxygen atoms in total. The fourth-order valence-electron chi connectivity index (χ4n) is 3.33. The van der Waals surface area contributed by atoms with E-state index in [-0.39, 0.29) is 17.9 Å². The molecule has 0 spiro atoms. The largest absolute Gasteiger partial charge is 0.425 e. The highest BCUT2D eigenvalue weighted by Crippen LogP contribution is 2.29. The minimum absolute atomic E-state index is 0.113. The number of fused-ring (bicyclic) bond motifs is 1. The van der Waals surface area contributed by atoms with Gasteiger partial charge < -0.3 is 4.42 Å². The molecular formula is C23H19N5O3S2. The maximum absolute atomic E-state index is 12.2. The van der Waals surface area contributed by atoms with Gasteiger partial charge in [-0.15, -0.1) is 21.5 Å². The predicted molar refractivity (Wildman–Crippen MR) is 125 cm³/mol. The Morgan fingerprint density at radius 3 is 2.61 bits per heavy atom. The summed E-state index contributed by atoms with van der Waals surface area (Å²) in [5.41, 5.74) is 3.24. The highest BCUT2D eigenvalue weighted by Gasteiger charge is 2.15. The van der Waals surface area contributed by atoms with Gasteiger partial charge in [0.25, 0.3) is 0 Å². The summed E-state index contributed by atoms with van der Waals surface area (Å²) in [6.07, 6.45) is 3.53. The van der Waals surface area contributed by atoms with Gasteiger partial charge in [0.2, 0.25) is 21.8 Å². The minimum atomic E-state index is -3.62. The quantitative estimate of drug-likeness (QED) is 0.361. The molecule has 1 N–H and O–H groups in total. The molecule has 0 amide bonds. The van der Waals surface area contributed by atoms with E-state index in [1.807, 2.05) is 24.3 Å². The van der Waals surface area contributed by atoms with Crippen LogP contribution in [-0.4, -0.2) is 35.1 Å². The summed E-state index contributed by atoms with van der Waals surface area (Å²) >= 11 is 1.59. The number of pyridine rings is 1. The summed E-state index contributed by atoms with van der Waals surface area (Å²) in [5.74, 6) is 0.814. The van der Waals surface area contributed by atoms with E-state index in [1.165, 1.54) is 18.5 Å². The van der Waals surface area contributed by atoms with Crippen LogP contribution in [-0.2, 0) is 22.9 Å². The lowest BCUT2D eigenvalue weighted by atomic mass is 10.1. The van der Waals surface area contributed by atoms with E-state index in [9.17, 15) is 8.42 Å². The predicted octanol–water partition coefficient (Wildman–Crippen LogP) is 3.85. The molecule has 0 unspecified atom stereocenters. The molecular weight excluding hydrogens is 458 g/mol. The maximum Gasteiger partial charge on any atom is 0.242 e. The molecule has 3 aromatic heterocycles. The Labute approximate surface area is 194 Å². The van der Waals surface area contributed by atoms with Gasteiger partial charge in [-0.05, 0) is 35.4 Å². The van der Waals surface area contributed by atoms with Crippen LogP contribution in [0.3, 0.4) is 0 Å². The second-order valence-electron chi connectivity index (χ2n) is 7.26. The Hall–Kier alpha value is -3.47. The van der Waals surface area contributed by atoms with Crippen LogP contribution >= 0.6 is 11.3 Å². The number of sulfonamides is 1. The first-order valence-electron chi connectivity index (χ1n) is 10.2. The molecule has 166 valence electrons. The lowest BCUT2D eigenvalue weighted by molar-refractivity contribution is 0.456. The van der Waals surface area contributed by atoms with Crippen molar-refractivity contribution in [3.63, 3.8) is 0 Å². The van der Waals surface area contributed by atoms with E-state index in [0.29, 0.717) is 18.2 Å². The molecule has 0 aliphatic heterocycles. The molecule has 5 rings (SSSR count). The van der Waals surface area contributed by atoms with Gasteiger partial charge in [0.15, 0.2) is 0 Å². The number of hydrogen-bond donors (Lipinski definition) is 1. The summed E-state index contributed by atoms with van der Waals surface area (Å²) in [4.78, 5) is 8.62. The van der Waals surface area contributed by atoms with Crippen LogP contribution < -0.4 is 4.72 Å². The molecule has 0 aliphatic rings. The average molecular weight is 478 g/mol. The molecule has 0 fully saturated rings. The topological polar surface area (TPSA) is 111 Å². The van der Waals surface area contributed by atoms with Crippen molar-refractivity contribution in [3.05, 3.63) is 89.8 Å². The zero-order valence-corrected chi connectivity index (χ0v) is 19.0. The van der Waals surface area contributed by atoms with Crippen molar-refractivity contribution in [1.29, 1.82) is 0 Å². The first-order valence-corrected chi connectivity index (χ1v) is 12.5. The first-order chi connectivity index (χ1) is 16.1. The van der Waals surface area contributed by atoms with Crippen LogP contribution in [0.1, 0.15) is 16.8 Å². The fourth-order valence-corrected chi connectivity index (χ4v) is 5.32. The van der Waals surface area contributed by atoms with Gasteiger partial charge in [-0.3, -0.25) is 4.98 Å². The smallest absolute Gasteiger partial charge is 0.242 e. The van der Waals surface area contributed by atoms with E-state index >= 15 is 0 Å². The Bertz CT molecular complexity index is 1480. The Morgan fingerprint density at radius 1 is 0.939 bits per heavy atom. The number of thiazole rings is 1. The third-order valence-corrected chi connectivity index (χ3v) is 7.39. The lowest BCUT2D eigenvalue weighted by Gasteiger charge is -2.04. The van der Waals surface area contributed by atoms with E-state index in [0.717, 1.165) is 26.4 Å². The average Bonchev–Trinajstić information content (AvgIpc) is 3.46. The number of nitrogens with one attached hydrogen (secondary N) is 1. The van der Waals surface area contributed by atoms with Crippen LogP contribution in [0.25, 0.3) is 21.3 Å². The van der Waals surface area contributed by atoms with Crippen molar-refractivity contribution in [3.8, 4) is 11.1 Å². The van der Waals surface area contributed by atoms with Crippen LogP contribution in [0, 0.1) is 0 Å². The third-order valence-electron chi connectivity index (χ3n) is 4.93. The molecule has 5 aromatic rings. The summed E-state index contributed by atoms with van der Waals surface area (Å²) in [6, 6.07) is 19.5. The highest BCUT2D eigenvalue weighted by atomic mass is 32.2. The van der Waals surface area contributed by atoms with Crippen LogP contribution in [0.5, 0.6) is 0 Å². The van der Waals surface area contributed by atoms with Crippen LogP contribution in [0.4, 0.5) is 0 Å². The number of benzene rings is 2. The number of nitrogens with zero attached hydrogens (tertiary/aromatic N) is 4. The molecule has 0 radical (unpaired) electrons. The third kappa shape index (κ3) is 4.98. The SMILES string of the molecule is O=S(=O)(NCCc1nnc(Cc2nc3ccc(-c4ccccc4)cc3s2)o1)c1cccnc1. The Kier molecular flexibility index (Phi) is 5.95. The molecule has 0 saturated carbocycles. The van der Waals surface area contributed by atoms with Crippen LogP contribution in [0.2, 0.25) is 0 Å². The van der Waals surface area contributed by atoms with E-state index < -0.39 is 10.0 Å². The van der Waals surface area contributed by atoms with Crippen molar-refractivity contribution in [1.82, 2.24) is 24.9 Å². The zero-order chi connectivity index (χ0) is 22.7. The number of aromatic nitrogens is 4. The van der Waals surface area contributed by atoms with Crippen molar-refractivity contribution >= 4 is 31.6 Å². The van der Waals surface area contributed by atoms with Gasteiger partial charge >= 0.3 is 0 Å². The molecule has 10 heteroatoms. The monoisotopic (exact) mass is 477 g/mol. The molecule has 0 atom stereocenters. The van der Waals surface area contributed by atoms with Gasteiger partial charge in [-0.1, -0.05) is 36.4 Å². The second-order valence-corrected chi connectivity index (χ2v) is 10.1. The molecule has 3 heterocycles. The van der Waals surface area contributed by atoms with Gasteiger partial charge in [0.05, 0.1) is 16.6 Å². The second kappa shape index (κ2) is 9.18. The van der Waals surface area contributed by atoms with E-state index in [4.69, 9.17) is 4.42 Å². The lowest BCUT2D eigenvalue weighted by Crippen LogP contribution is -2.26. The maximum atomic E-state index is 12.2. The van der Waals surface area contributed by atoms with Crippen molar-refractivity contribution in [2.24, 2.45) is 0 Å². The standard InChI is InChI=1S/C23H19N5O3S2/c29-33(30,18-7-4-11-24-15-18)25-12-10-21-27-28-22(31-21)14-23-26-19-9-8-17(13-20(19)32-23)16-5-2-1-3-6-16/h1-9,11,13,15,25H,10,12,14H2. The molecule has 0 saturated heterocycles. The molecule has 0 aliphatic carbocycles. The Morgan fingerprint density at radius 2 is 1.79 bits per heavy atom. The van der Waals surface area contributed by atoms with Gasteiger partial charge in [-0.25, -0.2) is 18.1 Å². The van der Waals surface area contributed by atoms with Crippen molar-refractivity contribution < 1.29 is 12.8 Å². The molecule has 33 heavy (non-hydrogen) atoms. The molecule has 2 aromatic carbocycles. The first kappa shape index (κ1) is 21.4. The van der Waals surface area contributed by atoms with E-state index in [2.05, 4.69) is 49.2 Å². The Balaban J connectivity index is 1.22. The van der Waals surface area contributed by atoms with Crippen molar-refractivity contribution in [2.75, 3.05) is 6.54 Å². The van der Waals surface area contributed by atoms with Crippen LogP contribution in [0.15, 0.2) is 82.4 Å². The van der Waals surface area contributed by atoms with E-state index in [1.54, 1.807) is 17.4 Å². The minimum Gasteiger partial charge on any atom is -0.425 e. The highest BCUT2D eigenvalue weighted by molar-refractivity contribution is 7.89.